The third kappa shape index (κ3) is 2.75. The van der Waals surface area contributed by atoms with Gasteiger partial charge in [0.25, 0.3) is 5.69 Å². The zero-order chi connectivity index (χ0) is 14.7. The van der Waals surface area contributed by atoms with E-state index < -0.39 is 10.7 Å². The summed E-state index contributed by atoms with van der Waals surface area (Å²) in [6.45, 7) is 0. The maximum Gasteiger partial charge on any atom is 0.287 e. The second kappa shape index (κ2) is 5.67. The molecule has 2 aromatic rings. The van der Waals surface area contributed by atoms with E-state index in [1.165, 1.54) is 24.3 Å². The minimum absolute atomic E-state index is 0.00315. The molecule has 2 rings (SSSR count). The number of nitro benzene ring substituents is 1. The Morgan fingerprint density at radius 2 is 2.05 bits per heavy atom. The molecule has 0 amide bonds. The van der Waals surface area contributed by atoms with Crippen molar-refractivity contribution in [3.8, 4) is 17.6 Å². The van der Waals surface area contributed by atoms with Crippen LogP contribution in [0.3, 0.4) is 0 Å². The monoisotopic (exact) mass is 336 g/mol. The first-order valence-corrected chi connectivity index (χ1v) is 6.12. The van der Waals surface area contributed by atoms with E-state index in [-0.39, 0.29) is 27.2 Å². The highest BCUT2D eigenvalue weighted by atomic mass is 79.9. The minimum Gasteiger partial charge on any atom is -0.455 e. The second-order valence-electron chi connectivity index (χ2n) is 3.70. The van der Waals surface area contributed by atoms with Gasteiger partial charge in [-0.3, -0.25) is 10.1 Å². The fourth-order valence-corrected chi connectivity index (χ4v) is 2.01. The number of nitro groups is 1. The van der Waals surface area contributed by atoms with Gasteiger partial charge in [-0.1, -0.05) is 6.07 Å². The number of hydrogen-bond acceptors (Lipinski definition) is 4. The lowest BCUT2D eigenvalue weighted by Gasteiger charge is -2.09. The van der Waals surface area contributed by atoms with Crippen LogP contribution >= 0.6 is 15.9 Å². The highest BCUT2D eigenvalue weighted by Crippen LogP contribution is 2.37. The van der Waals surface area contributed by atoms with Gasteiger partial charge in [0.1, 0.15) is 27.9 Å². The number of nitrogens with zero attached hydrogens (tertiary/aromatic N) is 2. The zero-order valence-electron chi connectivity index (χ0n) is 9.84. The van der Waals surface area contributed by atoms with E-state index in [0.29, 0.717) is 0 Å². The molecule has 0 spiro atoms. The highest BCUT2D eigenvalue weighted by Gasteiger charge is 2.17. The Morgan fingerprint density at radius 1 is 1.30 bits per heavy atom. The molecule has 0 N–H and O–H groups in total. The molecule has 0 heterocycles. The average Bonchev–Trinajstić information content (AvgIpc) is 2.42. The summed E-state index contributed by atoms with van der Waals surface area (Å²) in [5.41, 5.74) is -0.161. The maximum absolute atomic E-state index is 13.0. The Bertz CT molecular complexity index is 728. The van der Waals surface area contributed by atoms with E-state index in [1.54, 1.807) is 6.07 Å². The number of benzene rings is 2. The first-order valence-electron chi connectivity index (χ1n) is 5.33. The first-order chi connectivity index (χ1) is 9.52. The van der Waals surface area contributed by atoms with Crippen LogP contribution in [0.5, 0.6) is 11.5 Å². The van der Waals surface area contributed by atoms with Crippen LogP contribution in [0.2, 0.25) is 0 Å². The summed E-state index contributed by atoms with van der Waals surface area (Å²) < 4.78 is 18.6. The molecule has 20 heavy (non-hydrogen) atoms. The largest absolute Gasteiger partial charge is 0.455 e. The second-order valence-corrected chi connectivity index (χ2v) is 4.49. The van der Waals surface area contributed by atoms with Crippen molar-refractivity contribution in [3.63, 3.8) is 0 Å². The number of rotatable bonds is 3. The van der Waals surface area contributed by atoms with Crippen molar-refractivity contribution in [2.24, 2.45) is 0 Å². The smallest absolute Gasteiger partial charge is 0.287 e. The third-order valence-corrected chi connectivity index (χ3v) is 3.22. The Kier molecular flexibility index (Phi) is 3.96. The molecule has 0 saturated heterocycles. The van der Waals surface area contributed by atoms with Crippen LogP contribution in [0.1, 0.15) is 5.56 Å². The van der Waals surface area contributed by atoms with Crippen molar-refractivity contribution >= 4 is 21.6 Å². The lowest BCUT2D eigenvalue weighted by atomic mass is 10.2. The summed E-state index contributed by atoms with van der Waals surface area (Å²) in [5.74, 6) is -0.274. The van der Waals surface area contributed by atoms with E-state index in [1.807, 2.05) is 0 Å². The molecule has 7 heteroatoms. The molecule has 0 aliphatic heterocycles. The van der Waals surface area contributed by atoms with Crippen molar-refractivity contribution in [3.05, 3.63) is 62.4 Å². The standard InChI is InChI=1S/C13H6BrFN2O3/c14-13-10(17(18)19)2-1-3-12(13)20-11-5-4-9(15)6-8(11)7-16/h1-6H. The van der Waals surface area contributed by atoms with Crippen LogP contribution in [0.25, 0.3) is 0 Å². The molecule has 2 aromatic carbocycles. The van der Waals surface area contributed by atoms with E-state index in [4.69, 9.17) is 10.00 Å². The molecule has 0 unspecified atom stereocenters. The normalized spacial score (nSPS) is 9.85. The summed E-state index contributed by atoms with van der Waals surface area (Å²) in [6, 6.07) is 9.52. The molecule has 0 aliphatic carbocycles. The van der Waals surface area contributed by atoms with Crippen LogP contribution in [-0.2, 0) is 0 Å². The molecule has 0 saturated carbocycles. The van der Waals surface area contributed by atoms with Gasteiger partial charge >= 0.3 is 0 Å². The number of hydrogen-bond donors (Lipinski definition) is 0. The van der Waals surface area contributed by atoms with E-state index in [0.717, 1.165) is 12.1 Å². The van der Waals surface area contributed by atoms with Crippen molar-refractivity contribution in [1.82, 2.24) is 0 Å². The SMILES string of the molecule is N#Cc1cc(F)ccc1Oc1cccc([N+](=O)[O-])c1Br. The highest BCUT2D eigenvalue weighted by molar-refractivity contribution is 9.10. The predicted octanol–water partition coefficient (Wildman–Crippen LogP) is 4.16. The summed E-state index contributed by atoms with van der Waals surface area (Å²) in [7, 11) is 0. The molecule has 0 radical (unpaired) electrons. The van der Waals surface area contributed by atoms with Gasteiger partial charge in [0.2, 0.25) is 0 Å². The van der Waals surface area contributed by atoms with Crippen LogP contribution < -0.4 is 4.74 Å². The van der Waals surface area contributed by atoms with Crippen molar-refractivity contribution in [1.29, 1.82) is 5.26 Å². The summed E-state index contributed by atoms with van der Waals surface area (Å²) in [6.07, 6.45) is 0. The number of nitriles is 1. The fourth-order valence-electron chi connectivity index (χ4n) is 1.52. The number of ether oxygens (including phenoxy) is 1. The van der Waals surface area contributed by atoms with Crippen molar-refractivity contribution in [2.75, 3.05) is 0 Å². The lowest BCUT2D eigenvalue weighted by molar-refractivity contribution is -0.385. The molecule has 5 nitrogen and oxygen atoms in total. The molecule has 0 atom stereocenters. The van der Waals surface area contributed by atoms with Gasteiger partial charge in [0.15, 0.2) is 0 Å². The molecule has 0 bridgehead atoms. The van der Waals surface area contributed by atoms with Crippen LogP contribution in [0.4, 0.5) is 10.1 Å². The molecule has 0 aromatic heterocycles. The van der Waals surface area contributed by atoms with Crippen LogP contribution in [-0.4, -0.2) is 4.92 Å². The lowest BCUT2D eigenvalue weighted by Crippen LogP contribution is -1.94. The Hall–Kier alpha value is -2.46. The van der Waals surface area contributed by atoms with Gasteiger partial charge in [-0.25, -0.2) is 4.39 Å². The topological polar surface area (TPSA) is 76.2 Å². The molecular formula is C13H6BrFN2O3. The molecule has 100 valence electrons. The Balaban J connectivity index is 2.44. The zero-order valence-corrected chi connectivity index (χ0v) is 11.4. The molecule has 0 fully saturated rings. The Labute approximate surface area is 121 Å². The number of halogens is 2. The quantitative estimate of drug-likeness (QED) is 0.622. The molecular weight excluding hydrogens is 331 g/mol. The predicted molar refractivity (Wildman–Crippen MR) is 72.0 cm³/mol. The third-order valence-electron chi connectivity index (χ3n) is 2.42. The van der Waals surface area contributed by atoms with E-state index >= 15 is 0 Å². The van der Waals surface area contributed by atoms with Crippen molar-refractivity contribution < 1.29 is 14.1 Å². The molecule has 0 aliphatic rings. The van der Waals surface area contributed by atoms with E-state index in [9.17, 15) is 14.5 Å². The first kappa shape index (κ1) is 14.0. The average molecular weight is 337 g/mol. The van der Waals surface area contributed by atoms with Gasteiger partial charge in [-0.15, -0.1) is 0 Å². The summed E-state index contributed by atoms with van der Waals surface area (Å²) >= 11 is 3.08. The van der Waals surface area contributed by atoms with E-state index in [2.05, 4.69) is 15.9 Å². The van der Waals surface area contributed by atoms with Gasteiger partial charge in [0.05, 0.1) is 10.5 Å². The fraction of sp³-hybridized carbons (Fsp3) is 0. The maximum atomic E-state index is 13.0. The van der Waals surface area contributed by atoms with Gasteiger partial charge < -0.3 is 4.74 Å². The van der Waals surface area contributed by atoms with Gasteiger partial charge in [-0.05, 0) is 40.2 Å². The van der Waals surface area contributed by atoms with Gasteiger partial charge in [-0.2, -0.15) is 5.26 Å². The van der Waals surface area contributed by atoms with Crippen LogP contribution in [0, 0.1) is 27.3 Å². The minimum atomic E-state index is -0.563. The Morgan fingerprint density at radius 3 is 2.70 bits per heavy atom. The van der Waals surface area contributed by atoms with Crippen LogP contribution in [0.15, 0.2) is 40.9 Å². The summed E-state index contributed by atoms with van der Waals surface area (Å²) in [4.78, 5) is 10.2. The van der Waals surface area contributed by atoms with Crippen molar-refractivity contribution in [2.45, 2.75) is 0 Å². The summed E-state index contributed by atoms with van der Waals surface area (Å²) in [5, 5.41) is 19.7. The van der Waals surface area contributed by atoms with Gasteiger partial charge in [0, 0.05) is 6.07 Å².